The summed E-state index contributed by atoms with van der Waals surface area (Å²) >= 11 is 3.38. The number of carboxylic acids is 1. The lowest BCUT2D eigenvalue weighted by Gasteiger charge is -2.16. The standard InChI is InChI=1S/C14H12BrNO4/c15-9-3-4-11(10(7-9)12-5-6-16-20-12)19-13(14(17)18)8-1-2-8/h3-8,13H,1-2H2,(H,17,18). The maximum Gasteiger partial charge on any atom is 0.345 e. The third-order valence-electron chi connectivity index (χ3n) is 3.19. The van der Waals surface area contributed by atoms with Crippen molar-refractivity contribution in [3.63, 3.8) is 0 Å². The highest BCUT2D eigenvalue weighted by atomic mass is 79.9. The number of nitrogens with zero attached hydrogens (tertiary/aromatic N) is 1. The van der Waals surface area contributed by atoms with E-state index in [2.05, 4.69) is 21.1 Å². The Kier molecular flexibility index (Phi) is 3.48. The van der Waals surface area contributed by atoms with Crippen molar-refractivity contribution in [2.24, 2.45) is 5.92 Å². The molecule has 1 aromatic carbocycles. The van der Waals surface area contributed by atoms with Crippen molar-refractivity contribution >= 4 is 21.9 Å². The number of hydrogen-bond donors (Lipinski definition) is 1. The number of aliphatic carboxylic acids is 1. The maximum atomic E-state index is 11.3. The third kappa shape index (κ3) is 2.70. The van der Waals surface area contributed by atoms with Crippen LogP contribution in [-0.2, 0) is 4.79 Å². The van der Waals surface area contributed by atoms with Crippen molar-refractivity contribution in [3.05, 3.63) is 34.9 Å². The number of halogens is 1. The van der Waals surface area contributed by atoms with Crippen LogP contribution in [-0.4, -0.2) is 22.3 Å². The van der Waals surface area contributed by atoms with Gasteiger partial charge in [-0.05, 0) is 31.0 Å². The molecule has 0 aliphatic heterocycles. The molecular formula is C14H12BrNO4. The molecular weight excluding hydrogens is 326 g/mol. The molecule has 104 valence electrons. The molecule has 2 aromatic rings. The highest BCUT2D eigenvalue weighted by Crippen LogP contribution is 2.38. The minimum atomic E-state index is -0.932. The van der Waals surface area contributed by atoms with Crippen LogP contribution < -0.4 is 4.74 Å². The van der Waals surface area contributed by atoms with Crippen molar-refractivity contribution in [1.29, 1.82) is 0 Å². The summed E-state index contributed by atoms with van der Waals surface area (Å²) in [6.07, 6.45) is 2.52. The second kappa shape index (κ2) is 5.28. The first-order chi connectivity index (χ1) is 9.65. The van der Waals surface area contributed by atoms with Gasteiger partial charge < -0.3 is 14.4 Å². The topological polar surface area (TPSA) is 72.6 Å². The largest absolute Gasteiger partial charge is 0.478 e. The lowest BCUT2D eigenvalue weighted by atomic mass is 10.1. The first kappa shape index (κ1) is 13.2. The number of ether oxygens (including phenoxy) is 1. The van der Waals surface area contributed by atoms with Crippen LogP contribution in [0.1, 0.15) is 12.8 Å². The summed E-state index contributed by atoms with van der Waals surface area (Å²) in [6.45, 7) is 0. The molecule has 1 heterocycles. The molecule has 0 spiro atoms. The van der Waals surface area contributed by atoms with Gasteiger partial charge in [-0.3, -0.25) is 0 Å². The van der Waals surface area contributed by atoms with E-state index in [1.807, 2.05) is 6.07 Å². The normalized spacial score (nSPS) is 15.8. The smallest absolute Gasteiger partial charge is 0.345 e. The molecule has 1 saturated carbocycles. The summed E-state index contributed by atoms with van der Waals surface area (Å²) in [4.78, 5) is 11.3. The van der Waals surface area contributed by atoms with Crippen LogP contribution in [0, 0.1) is 5.92 Å². The molecule has 0 radical (unpaired) electrons. The van der Waals surface area contributed by atoms with E-state index < -0.39 is 12.1 Å². The van der Waals surface area contributed by atoms with Crippen LogP contribution in [0.3, 0.4) is 0 Å². The van der Waals surface area contributed by atoms with E-state index in [1.165, 1.54) is 6.20 Å². The molecule has 1 aromatic heterocycles. The summed E-state index contributed by atoms with van der Waals surface area (Å²) in [5.41, 5.74) is 0.684. The molecule has 0 bridgehead atoms. The highest BCUT2D eigenvalue weighted by molar-refractivity contribution is 9.10. The molecule has 1 unspecified atom stereocenters. The second-order valence-corrected chi connectivity index (χ2v) is 5.65. The zero-order valence-corrected chi connectivity index (χ0v) is 12.0. The second-order valence-electron chi connectivity index (χ2n) is 4.73. The fourth-order valence-corrected chi connectivity index (χ4v) is 2.40. The van der Waals surface area contributed by atoms with Gasteiger partial charge in [0.05, 0.1) is 11.8 Å². The summed E-state index contributed by atoms with van der Waals surface area (Å²) < 4.78 is 11.7. The quantitative estimate of drug-likeness (QED) is 0.905. The number of rotatable bonds is 5. The van der Waals surface area contributed by atoms with E-state index in [1.54, 1.807) is 18.2 Å². The summed E-state index contributed by atoms with van der Waals surface area (Å²) in [7, 11) is 0. The molecule has 0 saturated heterocycles. The van der Waals surface area contributed by atoms with E-state index >= 15 is 0 Å². The molecule has 6 heteroatoms. The first-order valence-corrected chi connectivity index (χ1v) is 7.04. The first-order valence-electron chi connectivity index (χ1n) is 6.25. The highest BCUT2D eigenvalue weighted by Gasteiger charge is 2.38. The van der Waals surface area contributed by atoms with Gasteiger partial charge in [0, 0.05) is 16.5 Å². The number of carboxylic acid groups (broad SMARTS) is 1. The van der Waals surface area contributed by atoms with Gasteiger partial charge in [-0.15, -0.1) is 0 Å². The Hall–Kier alpha value is -1.82. The summed E-state index contributed by atoms with van der Waals surface area (Å²) in [5, 5.41) is 12.9. The van der Waals surface area contributed by atoms with Crippen molar-refractivity contribution in [1.82, 2.24) is 5.16 Å². The van der Waals surface area contributed by atoms with Gasteiger partial charge in [0.1, 0.15) is 5.75 Å². The van der Waals surface area contributed by atoms with Crippen LogP contribution in [0.5, 0.6) is 5.75 Å². The SMILES string of the molecule is O=C(O)C(Oc1ccc(Br)cc1-c1ccno1)C1CC1. The molecule has 1 aliphatic rings. The average molecular weight is 338 g/mol. The fraction of sp³-hybridized carbons (Fsp3) is 0.286. The number of benzene rings is 1. The van der Waals surface area contributed by atoms with Crippen molar-refractivity contribution in [2.75, 3.05) is 0 Å². The minimum absolute atomic E-state index is 0.0960. The molecule has 0 amide bonds. The monoisotopic (exact) mass is 337 g/mol. The third-order valence-corrected chi connectivity index (χ3v) is 3.69. The van der Waals surface area contributed by atoms with Crippen LogP contribution >= 0.6 is 15.9 Å². The number of aromatic nitrogens is 1. The molecule has 20 heavy (non-hydrogen) atoms. The van der Waals surface area contributed by atoms with Gasteiger partial charge in [0.25, 0.3) is 0 Å². The average Bonchev–Trinajstić information content (AvgIpc) is 3.10. The van der Waals surface area contributed by atoms with Gasteiger partial charge in [-0.1, -0.05) is 21.1 Å². The van der Waals surface area contributed by atoms with Crippen LogP contribution in [0.2, 0.25) is 0 Å². The Labute approximate surface area is 123 Å². The predicted octanol–water partition coefficient (Wildman–Crippen LogP) is 3.35. The van der Waals surface area contributed by atoms with Crippen LogP contribution in [0.25, 0.3) is 11.3 Å². The zero-order chi connectivity index (χ0) is 14.1. The Balaban J connectivity index is 1.94. The molecule has 1 aliphatic carbocycles. The Morgan fingerprint density at radius 2 is 2.25 bits per heavy atom. The molecule has 1 N–H and O–H groups in total. The number of hydrogen-bond acceptors (Lipinski definition) is 4. The molecule has 5 nitrogen and oxygen atoms in total. The fourth-order valence-electron chi connectivity index (χ4n) is 2.04. The van der Waals surface area contributed by atoms with E-state index in [-0.39, 0.29) is 5.92 Å². The van der Waals surface area contributed by atoms with Gasteiger partial charge in [-0.25, -0.2) is 4.79 Å². The summed E-state index contributed by atoms with van der Waals surface area (Å²) in [6, 6.07) is 7.07. The van der Waals surface area contributed by atoms with Crippen molar-refractivity contribution in [2.45, 2.75) is 18.9 Å². The van der Waals surface area contributed by atoms with Gasteiger partial charge >= 0.3 is 5.97 Å². The van der Waals surface area contributed by atoms with Gasteiger partial charge in [0.2, 0.25) is 0 Å². The van der Waals surface area contributed by atoms with Gasteiger partial charge in [-0.2, -0.15) is 0 Å². The maximum absolute atomic E-state index is 11.3. The van der Waals surface area contributed by atoms with E-state index in [0.717, 1.165) is 17.3 Å². The lowest BCUT2D eigenvalue weighted by Crippen LogP contribution is -2.29. The lowest BCUT2D eigenvalue weighted by molar-refractivity contribution is -0.146. The van der Waals surface area contributed by atoms with Crippen molar-refractivity contribution in [3.8, 4) is 17.1 Å². The number of carbonyl (C=O) groups is 1. The minimum Gasteiger partial charge on any atom is -0.478 e. The van der Waals surface area contributed by atoms with Crippen LogP contribution in [0.15, 0.2) is 39.5 Å². The molecule has 3 rings (SSSR count). The van der Waals surface area contributed by atoms with E-state index in [4.69, 9.17) is 9.26 Å². The molecule has 1 atom stereocenters. The van der Waals surface area contributed by atoms with E-state index in [0.29, 0.717) is 17.1 Å². The Bertz CT molecular complexity index is 622. The molecule has 1 fully saturated rings. The van der Waals surface area contributed by atoms with Gasteiger partial charge in [0.15, 0.2) is 11.9 Å². The Morgan fingerprint density at radius 3 is 2.85 bits per heavy atom. The summed E-state index contributed by atoms with van der Waals surface area (Å²) in [5.74, 6) is 0.197. The predicted molar refractivity (Wildman–Crippen MR) is 74.4 cm³/mol. The van der Waals surface area contributed by atoms with E-state index in [9.17, 15) is 9.90 Å². The van der Waals surface area contributed by atoms with Crippen LogP contribution in [0.4, 0.5) is 0 Å². The Morgan fingerprint density at radius 1 is 1.45 bits per heavy atom. The van der Waals surface area contributed by atoms with Crippen molar-refractivity contribution < 1.29 is 19.2 Å². The zero-order valence-electron chi connectivity index (χ0n) is 10.5.